The maximum Gasteiger partial charge on any atom is 0.411 e. The first-order valence-corrected chi connectivity index (χ1v) is 9.35. The fraction of sp³-hybridized carbons (Fsp3) is 0.421. The Bertz CT molecular complexity index is 1030. The Morgan fingerprint density at radius 2 is 2.00 bits per heavy atom. The number of nitrogens with one attached hydrogen (secondary N) is 1. The predicted octanol–water partition coefficient (Wildman–Crippen LogP) is 3.77. The molecule has 11 heteroatoms. The molecule has 1 aliphatic heterocycles. The Balaban J connectivity index is 1.94. The minimum absolute atomic E-state index is 0.107. The molecule has 0 spiro atoms. The van der Waals surface area contributed by atoms with E-state index in [1.54, 1.807) is 20.8 Å². The molecule has 0 bridgehead atoms. The number of carbonyl (C=O) groups is 3. The topological polar surface area (TPSA) is 115 Å². The van der Waals surface area contributed by atoms with Gasteiger partial charge in [-0.3, -0.25) is 14.5 Å². The summed E-state index contributed by atoms with van der Waals surface area (Å²) in [6.45, 7) is 3.76. The zero-order valence-electron chi connectivity index (χ0n) is 16.4. The molecule has 0 aliphatic carbocycles. The molecule has 1 aromatic heterocycles. The van der Waals surface area contributed by atoms with Gasteiger partial charge >= 0.3 is 6.09 Å². The van der Waals surface area contributed by atoms with Crippen molar-refractivity contribution in [2.45, 2.75) is 44.8 Å². The van der Waals surface area contributed by atoms with Crippen LogP contribution < -0.4 is 11.1 Å². The standard InChI is InChI=1S/C19H20ClF2N3O5/c1-18(2,3)30-17(28)25-8-19(21,22)7-11(25)16(27)24-13-10-6-9(20)4-5-12(10)29-14(13)15(23)26/h4-6,11H,7-8H2,1-3H3,(H2,23,26)(H,24,27)/t11-/m1/s1. The number of halogens is 3. The maximum atomic E-state index is 14.1. The molecule has 0 radical (unpaired) electrons. The third-order valence-electron chi connectivity index (χ3n) is 4.32. The molecule has 2 heterocycles. The molecule has 2 aromatic rings. The van der Waals surface area contributed by atoms with Gasteiger partial charge < -0.3 is 20.2 Å². The predicted molar refractivity (Wildman–Crippen MR) is 105 cm³/mol. The van der Waals surface area contributed by atoms with Crippen molar-refractivity contribution in [1.29, 1.82) is 0 Å². The van der Waals surface area contributed by atoms with Crippen molar-refractivity contribution in [3.05, 3.63) is 29.0 Å². The zero-order valence-corrected chi connectivity index (χ0v) is 17.2. The van der Waals surface area contributed by atoms with E-state index in [4.69, 9.17) is 26.5 Å². The second-order valence-electron chi connectivity index (χ2n) is 7.98. The van der Waals surface area contributed by atoms with Crippen LogP contribution in [-0.2, 0) is 9.53 Å². The first-order chi connectivity index (χ1) is 13.8. The lowest BCUT2D eigenvalue weighted by Gasteiger charge is -2.27. The van der Waals surface area contributed by atoms with Crippen molar-refractivity contribution in [3.8, 4) is 0 Å². The van der Waals surface area contributed by atoms with Crippen LogP contribution in [0.4, 0.5) is 19.3 Å². The monoisotopic (exact) mass is 443 g/mol. The quantitative estimate of drug-likeness (QED) is 0.749. The number of rotatable bonds is 3. The number of nitrogens with zero attached hydrogens (tertiary/aromatic N) is 1. The number of hydrogen-bond acceptors (Lipinski definition) is 5. The van der Waals surface area contributed by atoms with Gasteiger partial charge in [0.1, 0.15) is 22.9 Å². The van der Waals surface area contributed by atoms with Crippen LogP contribution in [-0.4, -0.2) is 46.9 Å². The van der Waals surface area contributed by atoms with E-state index in [-0.39, 0.29) is 27.4 Å². The molecule has 1 fully saturated rings. The lowest BCUT2D eigenvalue weighted by molar-refractivity contribution is -0.120. The van der Waals surface area contributed by atoms with Crippen molar-refractivity contribution >= 4 is 46.2 Å². The molecule has 0 saturated carbocycles. The molecule has 1 atom stereocenters. The molecule has 30 heavy (non-hydrogen) atoms. The van der Waals surface area contributed by atoms with Crippen molar-refractivity contribution in [2.75, 3.05) is 11.9 Å². The van der Waals surface area contributed by atoms with E-state index < -0.39 is 48.4 Å². The summed E-state index contributed by atoms with van der Waals surface area (Å²) in [6.07, 6.45) is -1.95. The van der Waals surface area contributed by atoms with Crippen molar-refractivity contribution < 1.29 is 32.3 Å². The molecule has 0 unspecified atom stereocenters. The normalized spacial score (nSPS) is 18.5. The van der Waals surface area contributed by atoms with E-state index in [9.17, 15) is 23.2 Å². The molecule has 3 rings (SSSR count). The largest absolute Gasteiger partial charge is 0.449 e. The first kappa shape index (κ1) is 21.8. The highest BCUT2D eigenvalue weighted by Crippen LogP contribution is 2.36. The Morgan fingerprint density at radius 3 is 2.60 bits per heavy atom. The third-order valence-corrected chi connectivity index (χ3v) is 4.56. The molecule has 8 nitrogen and oxygen atoms in total. The minimum Gasteiger partial charge on any atom is -0.449 e. The summed E-state index contributed by atoms with van der Waals surface area (Å²) < 4.78 is 38.6. The van der Waals surface area contributed by atoms with Crippen molar-refractivity contribution in [2.24, 2.45) is 5.73 Å². The molecule has 1 saturated heterocycles. The number of nitrogens with two attached hydrogens (primary N) is 1. The fourth-order valence-corrected chi connectivity index (χ4v) is 3.31. The van der Waals surface area contributed by atoms with Gasteiger partial charge in [0.2, 0.25) is 11.7 Å². The zero-order chi connectivity index (χ0) is 22.4. The van der Waals surface area contributed by atoms with Crippen LogP contribution in [0.3, 0.4) is 0 Å². The van der Waals surface area contributed by atoms with Crippen LogP contribution in [0, 0.1) is 0 Å². The highest BCUT2D eigenvalue weighted by Gasteiger charge is 2.51. The summed E-state index contributed by atoms with van der Waals surface area (Å²) in [6, 6.07) is 2.87. The number of carbonyl (C=O) groups excluding carboxylic acids is 3. The van der Waals surface area contributed by atoms with Gasteiger partial charge in [-0.1, -0.05) is 11.6 Å². The number of hydrogen-bond donors (Lipinski definition) is 2. The number of amides is 3. The highest BCUT2D eigenvalue weighted by molar-refractivity contribution is 6.31. The van der Waals surface area contributed by atoms with Gasteiger partial charge in [0, 0.05) is 16.8 Å². The van der Waals surface area contributed by atoms with E-state index in [1.165, 1.54) is 18.2 Å². The van der Waals surface area contributed by atoms with Crippen LogP contribution in [0.15, 0.2) is 22.6 Å². The van der Waals surface area contributed by atoms with Gasteiger partial charge in [0.05, 0.1) is 6.54 Å². The second-order valence-corrected chi connectivity index (χ2v) is 8.42. The molecular weight excluding hydrogens is 424 g/mol. The van der Waals surface area contributed by atoms with Crippen LogP contribution in [0.5, 0.6) is 0 Å². The lowest BCUT2D eigenvalue weighted by Crippen LogP contribution is -2.45. The van der Waals surface area contributed by atoms with Gasteiger partial charge in [-0.2, -0.15) is 0 Å². The van der Waals surface area contributed by atoms with E-state index >= 15 is 0 Å². The third kappa shape index (κ3) is 4.48. The SMILES string of the molecule is CC(C)(C)OC(=O)N1CC(F)(F)C[C@@H]1C(=O)Nc1c(C(N)=O)oc2ccc(Cl)cc12. The van der Waals surface area contributed by atoms with Crippen molar-refractivity contribution in [1.82, 2.24) is 4.90 Å². The summed E-state index contributed by atoms with van der Waals surface area (Å²) in [7, 11) is 0. The minimum atomic E-state index is -3.28. The number of benzene rings is 1. The number of fused-ring (bicyclic) bond motifs is 1. The summed E-state index contributed by atoms with van der Waals surface area (Å²) in [4.78, 5) is 37.7. The number of likely N-dealkylation sites (tertiary alicyclic amines) is 1. The van der Waals surface area contributed by atoms with Crippen LogP contribution in [0.25, 0.3) is 11.0 Å². The van der Waals surface area contributed by atoms with Crippen LogP contribution in [0.2, 0.25) is 5.02 Å². The van der Waals surface area contributed by atoms with Gasteiger partial charge in [0.25, 0.3) is 11.8 Å². The first-order valence-electron chi connectivity index (χ1n) is 8.97. The number of furan rings is 1. The summed E-state index contributed by atoms with van der Waals surface area (Å²) in [5, 5.41) is 2.95. The van der Waals surface area contributed by atoms with Crippen molar-refractivity contribution in [3.63, 3.8) is 0 Å². The Morgan fingerprint density at radius 1 is 1.33 bits per heavy atom. The molecule has 3 N–H and O–H groups in total. The van der Waals surface area contributed by atoms with Crippen LogP contribution in [0.1, 0.15) is 37.7 Å². The Labute approximate surface area is 175 Å². The highest BCUT2D eigenvalue weighted by atomic mass is 35.5. The molecule has 3 amide bonds. The fourth-order valence-electron chi connectivity index (χ4n) is 3.14. The Hall–Kier alpha value is -2.88. The molecule has 1 aliphatic rings. The van der Waals surface area contributed by atoms with Gasteiger partial charge in [0.15, 0.2) is 0 Å². The Kier molecular flexibility index (Phi) is 5.40. The smallest absolute Gasteiger partial charge is 0.411 e. The van der Waals surface area contributed by atoms with Gasteiger partial charge in [-0.15, -0.1) is 0 Å². The summed E-state index contributed by atoms with van der Waals surface area (Å²) >= 11 is 5.97. The molecule has 1 aromatic carbocycles. The summed E-state index contributed by atoms with van der Waals surface area (Å²) in [5.74, 6) is -5.57. The molecular formula is C19H20ClF2N3O5. The average Bonchev–Trinajstić information content (AvgIpc) is 3.11. The molecule has 162 valence electrons. The van der Waals surface area contributed by atoms with Gasteiger partial charge in [-0.05, 0) is 39.0 Å². The van der Waals surface area contributed by atoms with E-state index in [0.29, 0.717) is 4.90 Å². The summed E-state index contributed by atoms with van der Waals surface area (Å²) in [5.41, 5.74) is 4.48. The number of ether oxygens (including phenoxy) is 1. The number of alkyl halides is 2. The number of anilines is 1. The van der Waals surface area contributed by atoms with E-state index in [0.717, 1.165) is 0 Å². The lowest BCUT2D eigenvalue weighted by atomic mass is 10.1. The van der Waals surface area contributed by atoms with E-state index in [1.807, 2.05) is 0 Å². The number of primary amides is 1. The second kappa shape index (κ2) is 7.42. The van der Waals surface area contributed by atoms with Gasteiger partial charge in [-0.25, -0.2) is 13.6 Å². The van der Waals surface area contributed by atoms with E-state index in [2.05, 4.69) is 5.32 Å². The maximum absolute atomic E-state index is 14.1. The van der Waals surface area contributed by atoms with Crippen LogP contribution >= 0.6 is 11.6 Å². The average molecular weight is 444 g/mol.